The van der Waals surface area contributed by atoms with Crippen LogP contribution in [0.5, 0.6) is 0 Å². The maximum atomic E-state index is 12.3. The molecule has 0 aliphatic carbocycles. The van der Waals surface area contributed by atoms with Gasteiger partial charge in [-0.1, -0.05) is 61.0 Å². The molecule has 0 saturated carbocycles. The lowest BCUT2D eigenvalue weighted by Gasteiger charge is -2.30. The Hall–Kier alpha value is -2.13. The number of carbonyl (C=O) groups is 1. The zero-order chi connectivity index (χ0) is 16.1. The molecule has 1 aliphatic rings. The van der Waals surface area contributed by atoms with Crippen molar-refractivity contribution in [3.63, 3.8) is 0 Å². The summed E-state index contributed by atoms with van der Waals surface area (Å²) in [7, 11) is 1.47. The Morgan fingerprint density at radius 1 is 1.04 bits per heavy atom. The molecule has 0 bridgehead atoms. The quantitative estimate of drug-likeness (QED) is 0.874. The maximum absolute atomic E-state index is 12.3. The van der Waals surface area contributed by atoms with Gasteiger partial charge in [-0.25, -0.2) is 0 Å². The van der Waals surface area contributed by atoms with E-state index in [2.05, 4.69) is 41.7 Å². The largest absolute Gasteiger partial charge is 0.469 e. The topological polar surface area (TPSA) is 38.3 Å². The van der Waals surface area contributed by atoms with Gasteiger partial charge in [-0.05, 0) is 36.1 Å². The first kappa shape index (κ1) is 15.8. The van der Waals surface area contributed by atoms with Gasteiger partial charge in [0.05, 0.1) is 13.0 Å². The lowest BCUT2D eigenvalue weighted by Crippen LogP contribution is -2.42. The Labute approximate surface area is 137 Å². The lowest BCUT2D eigenvalue weighted by atomic mass is 9.86. The van der Waals surface area contributed by atoms with Crippen LogP contribution in [0.25, 0.3) is 11.1 Å². The van der Waals surface area contributed by atoms with Gasteiger partial charge in [-0.3, -0.25) is 4.79 Å². The normalized spacial score (nSPS) is 19.1. The maximum Gasteiger partial charge on any atom is 0.314 e. The van der Waals surface area contributed by atoms with Crippen molar-refractivity contribution in [2.24, 2.45) is 0 Å². The van der Waals surface area contributed by atoms with Crippen LogP contribution in [0.1, 0.15) is 30.7 Å². The van der Waals surface area contributed by atoms with E-state index < -0.39 is 0 Å². The molecule has 23 heavy (non-hydrogen) atoms. The molecule has 1 heterocycles. The highest BCUT2D eigenvalue weighted by molar-refractivity contribution is 5.79. The zero-order valence-electron chi connectivity index (χ0n) is 13.5. The van der Waals surface area contributed by atoms with Crippen LogP contribution in [0.4, 0.5) is 0 Å². The van der Waals surface area contributed by atoms with Crippen LogP contribution < -0.4 is 5.32 Å². The first-order chi connectivity index (χ1) is 11.3. The molecule has 1 saturated heterocycles. The number of rotatable bonds is 4. The summed E-state index contributed by atoms with van der Waals surface area (Å²) >= 11 is 0. The van der Waals surface area contributed by atoms with Gasteiger partial charge in [0.1, 0.15) is 0 Å². The summed E-state index contributed by atoms with van der Waals surface area (Å²) in [6.07, 6.45) is 3.35. The molecule has 2 aromatic carbocycles. The molecule has 0 unspecified atom stereocenters. The molecule has 3 nitrogen and oxygen atoms in total. The zero-order valence-corrected chi connectivity index (χ0v) is 13.5. The van der Waals surface area contributed by atoms with E-state index in [4.69, 9.17) is 4.74 Å². The molecule has 3 rings (SSSR count). The molecule has 1 aliphatic heterocycles. The minimum absolute atomic E-state index is 0.156. The third kappa shape index (κ3) is 3.62. The van der Waals surface area contributed by atoms with Crippen molar-refractivity contribution in [2.45, 2.75) is 31.2 Å². The molecule has 1 N–H and O–H groups in total. The van der Waals surface area contributed by atoms with Crippen molar-refractivity contribution >= 4 is 5.97 Å². The van der Waals surface area contributed by atoms with Gasteiger partial charge in [0, 0.05) is 6.04 Å². The summed E-state index contributed by atoms with van der Waals surface area (Å²) in [5.74, 6) is -0.387. The number of ether oxygens (including phenoxy) is 1. The molecule has 0 aromatic heterocycles. The molecule has 0 amide bonds. The van der Waals surface area contributed by atoms with Crippen LogP contribution in [-0.4, -0.2) is 25.7 Å². The number of benzene rings is 2. The Bertz CT molecular complexity index is 630. The SMILES string of the molecule is COC(=O)[C@H](c1ccc(-c2ccccc2)cc1)[C@@H]1CCCCN1. The van der Waals surface area contributed by atoms with E-state index in [-0.39, 0.29) is 17.9 Å². The van der Waals surface area contributed by atoms with Gasteiger partial charge in [-0.2, -0.15) is 0 Å². The molecule has 2 aromatic rings. The van der Waals surface area contributed by atoms with Gasteiger partial charge < -0.3 is 10.1 Å². The van der Waals surface area contributed by atoms with Crippen LogP contribution in [-0.2, 0) is 9.53 Å². The van der Waals surface area contributed by atoms with Crippen LogP contribution >= 0.6 is 0 Å². The lowest BCUT2D eigenvalue weighted by molar-refractivity contribution is -0.143. The van der Waals surface area contributed by atoms with Crippen molar-refractivity contribution in [1.29, 1.82) is 0 Å². The summed E-state index contributed by atoms with van der Waals surface area (Å²) in [4.78, 5) is 12.3. The standard InChI is InChI=1S/C20H23NO2/c1-23-20(22)19(18-9-5-6-14-21-18)17-12-10-16(11-13-17)15-7-3-2-4-8-15/h2-4,7-8,10-13,18-19,21H,5-6,9,14H2,1H3/t18-,19+/m0/s1. The molecule has 0 spiro atoms. The predicted molar refractivity (Wildman–Crippen MR) is 92.3 cm³/mol. The van der Waals surface area contributed by atoms with Gasteiger partial charge in [-0.15, -0.1) is 0 Å². The third-order valence-electron chi connectivity index (χ3n) is 4.58. The molecule has 2 atom stereocenters. The van der Waals surface area contributed by atoms with Crippen LogP contribution in [0, 0.1) is 0 Å². The van der Waals surface area contributed by atoms with E-state index in [0.29, 0.717) is 0 Å². The summed E-state index contributed by atoms with van der Waals surface area (Å²) in [6.45, 7) is 0.972. The second kappa shape index (κ2) is 7.42. The Balaban J connectivity index is 1.86. The van der Waals surface area contributed by atoms with E-state index in [9.17, 15) is 4.79 Å². The first-order valence-corrected chi connectivity index (χ1v) is 8.26. The van der Waals surface area contributed by atoms with E-state index in [1.165, 1.54) is 19.1 Å². The second-order valence-electron chi connectivity index (χ2n) is 6.05. The van der Waals surface area contributed by atoms with Crippen LogP contribution in [0.2, 0.25) is 0 Å². The fourth-order valence-electron chi connectivity index (χ4n) is 3.34. The van der Waals surface area contributed by atoms with Gasteiger partial charge >= 0.3 is 5.97 Å². The number of esters is 1. The van der Waals surface area contributed by atoms with Crippen molar-refractivity contribution in [3.05, 3.63) is 60.2 Å². The average Bonchev–Trinajstić information content (AvgIpc) is 2.64. The monoisotopic (exact) mass is 309 g/mol. The average molecular weight is 309 g/mol. The van der Waals surface area contributed by atoms with Gasteiger partial charge in [0.25, 0.3) is 0 Å². The highest BCUT2D eigenvalue weighted by atomic mass is 16.5. The number of carbonyl (C=O) groups excluding carboxylic acids is 1. The number of hydrogen-bond acceptors (Lipinski definition) is 3. The van der Waals surface area contributed by atoms with E-state index >= 15 is 0 Å². The molecule has 120 valence electrons. The van der Waals surface area contributed by atoms with Crippen molar-refractivity contribution in [1.82, 2.24) is 5.32 Å². The predicted octanol–water partition coefficient (Wildman–Crippen LogP) is 3.75. The highest BCUT2D eigenvalue weighted by Gasteiger charge is 2.31. The number of methoxy groups -OCH3 is 1. The molecule has 0 radical (unpaired) electrons. The number of hydrogen-bond donors (Lipinski definition) is 1. The van der Waals surface area contributed by atoms with Crippen molar-refractivity contribution in [2.75, 3.05) is 13.7 Å². The summed E-state index contributed by atoms with van der Waals surface area (Å²) in [6, 6.07) is 18.7. The number of nitrogens with one attached hydrogen (secondary N) is 1. The molecule has 1 fully saturated rings. The van der Waals surface area contributed by atoms with Crippen LogP contribution in [0.15, 0.2) is 54.6 Å². The third-order valence-corrected chi connectivity index (χ3v) is 4.58. The summed E-state index contributed by atoms with van der Waals surface area (Å²) < 4.78 is 5.06. The van der Waals surface area contributed by atoms with Gasteiger partial charge in [0.15, 0.2) is 0 Å². The Kier molecular flexibility index (Phi) is 5.09. The Morgan fingerprint density at radius 2 is 1.74 bits per heavy atom. The van der Waals surface area contributed by atoms with Crippen molar-refractivity contribution in [3.8, 4) is 11.1 Å². The number of piperidine rings is 1. The smallest absolute Gasteiger partial charge is 0.314 e. The second-order valence-corrected chi connectivity index (χ2v) is 6.05. The molecular formula is C20H23NO2. The van der Waals surface area contributed by atoms with Gasteiger partial charge in [0.2, 0.25) is 0 Å². The Morgan fingerprint density at radius 3 is 2.35 bits per heavy atom. The minimum atomic E-state index is -0.231. The van der Waals surface area contributed by atoms with Crippen LogP contribution in [0.3, 0.4) is 0 Å². The minimum Gasteiger partial charge on any atom is -0.469 e. The molecular weight excluding hydrogens is 286 g/mol. The molecule has 3 heteroatoms. The summed E-state index contributed by atoms with van der Waals surface area (Å²) in [5.41, 5.74) is 3.37. The van der Waals surface area contributed by atoms with E-state index in [1.54, 1.807) is 0 Å². The van der Waals surface area contributed by atoms with Crippen molar-refractivity contribution < 1.29 is 9.53 Å². The van der Waals surface area contributed by atoms with E-state index in [1.807, 2.05) is 18.2 Å². The fourth-order valence-corrected chi connectivity index (χ4v) is 3.34. The summed E-state index contributed by atoms with van der Waals surface area (Å²) in [5, 5.41) is 3.48. The highest BCUT2D eigenvalue weighted by Crippen LogP contribution is 2.28. The fraction of sp³-hybridized carbons (Fsp3) is 0.350. The van der Waals surface area contributed by atoms with E-state index in [0.717, 1.165) is 30.5 Å². The first-order valence-electron chi connectivity index (χ1n) is 8.26.